The number of ether oxygens (including phenoxy) is 1. The Kier molecular flexibility index (Phi) is 7.37. The zero-order valence-corrected chi connectivity index (χ0v) is 16.7. The lowest BCUT2D eigenvalue weighted by Crippen LogP contribution is -2.31. The van der Waals surface area contributed by atoms with Crippen molar-refractivity contribution in [3.05, 3.63) is 41.5 Å². The fourth-order valence-corrected chi connectivity index (χ4v) is 2.94. The molecule has 1 heterocycles. The minimum atomic E-state index is -3.01. The van der Waals surface area contributed by atoms with Gasteiger partial charge >= 0.3 is 0 Å². The number of nitrogens with one attached hydrogen (secondary N) is 2. The van der Waals surface area contributed by atoms with E-state index in [2.05, 4.69) is 25.6 Å². The van der Waals surface area contributed by atoms with Crippen LogP contribution in [0, 0.1) is 0 Å². The zero-order valence-electron chi connectivity index (χ0n) is 16.7. The summed E-state index contributed by atoms with van der Waals surface area (Å²) in [5.74, 6) is -1.49. The number of rotatable bonds is 9. The normalized spacial score (nSPS) is 15.2. The molecule has 0 spiro atoms. The van der Waals surface area contributed by atoms with Gasteiger partial charge in [-0.25, -0.2) is 17.6 Å². The maximum absolute atomic E-state index is 14.4. The minimum absolute atomic E-state index is 0.0250. The Morgan fingerprint density at radius 3 is 2.45 bits per heavy atom. The maximum Gasteiger partial charge on any atom is 0.261 e. The van der Waals surface area contributed by atoms with Crippen molar-refractivity contribution in [3.8, 4) is 5.75 Å². The number of alkyl halides is 3. The van der Waals surface area contributed by atoms with Gasteiger partial charge in [-0.3, -0.25) is 4.79 Å². The van der Waals surface area contributed by atoms with E-state index in [1.54, 1.807) is 31.4 Å². The Hall–Kier alpha value is -3.24. The average Bonchev–Trinajstić information content (AvgIpc) is 2.78. The summed E-state index contributed by atoms with van der Waals surface area (Å²) in [4.78, 5) is 23.8. The summed E-state index contributed by atoms with van der Waals surface area (Å²) in [5, 5.41) is 5.12. The highest BCUT2D eigenvalue weighted by atomic mass is 19.3. The van der Waals surface area contributed by atoms with Crippen LogP contribution in [0.15, 0.2) is 30.1 Å². The SMILES string of the molecule is COc1ccc(CNc2nc(NC(CF)C(F)F)nc(C3=C(F)C(=O)CCC3)n2)cc1. The van der Waals surface area contributed by atoms with Crippen LogP contribution >= 0.6 is 0 Å². The van der Waals surface area contributed by atoms with E-state index in [1.807, 2.05) is 0 Å². The van der Waals surface area contributed by atoms with Gasteiger partial charge in [0.2, 0.25) is 11.9 Å². The molecule has 7 nitrogen and oxygen atoms in total. The second-order valence-corrected chi connectivity index (χ2v) is 6.82. The smallest absolute Gasteiger partial charge is 0.261 e. The number of aromatic nitrogens is 3. The average molecular weight is 439 g/mol. The van der Waals surface area contributed by atoms with Crippen LogP contribution in [0.5, 0.6) is 5.75 Å². The Bertz CT molecular complexity index is 953. The molecule has 1 aromatic carbocycles. The van der Waals surface area contributed by atoms with Crippen LogP contribution in [0.25, 0.3) is 5.57 Å². The standard InChI is InChI=1S/C20H21F4N5O2/c1-31-12-7-5-11(6-8-12)10-25-19-27-18(13-3-2-4-15(30)16(13)22)28-20(29-19)26-14(9-21)17(23)24/h5-8,14,17H,2-4,9-10H2,1H3,(H2,25,26,27,28,29). The van der Waals surface area contributed by atoms with Crippen LogP contribution in [0.2, 0.25) is 0 Å². The number of carbonyl (C=O) groups excluding carboxylic acids is 1. The van der Waals surface area contributed by atoms with Gasteiger partial charge in [0, 0.05) is 18.5 Å². The third-order valence-electron chi connectivity index (χ3n) is 4.64. The number of methoxy groups -OCH3 is 1. The van der Waals surface area contributed by atoms with Crippen molar-refractivity contribution < 1.29 is 27.1 Å². The van der Waals surface area contributed by atoms with E-state index in [-0.39, 0.29) is 42.7 Å². The predicted octanol–water partition coefficient (Wildman–Crippen LogP) is 3.94. The summed E-state index contributed by atoms with van der Waals surface area (Å²) in [5.41, 5.74) is 0.813. The number of ketones is 1. The van der Waals surface area contributed by atoms with Crippen LogP contribution in [0.4, 0.5) is 29.5 Å². The molecular weight excluding hydrogens is 418 g/mol. The topological polar surface area (TPSA) is 89.0 Å². The number of anilines is 2. The maximum atomic E-state index is 14.4. The third-order valence-corrected chi connectivity index (χ3v) is 4.64. The molecule has 0 saturated heterocycles. The third kappa shape index (κ3) is 5.68. The molecule has 1 aromatic heterocycles. The van der Waals surface area contributed by atoms with E-state index in [1.165, 1.54) is 0 Å². The molecule has 1 aliphatic carbocycles. The second-order valence-electron chi connectivity index (χ2n) is 6.82. The lowest BCUT2D eigenvalue weighted by Gasteiger charge is -2.17. The van der Waals surface area contributed by atoms with Crippen molar-refractivity contribution in [2.45, 2.75) is 38.3 Å². The van der Waals surface area contributed by atoms with E-state index in [0.29, 0.717) is 12.2 Å². The summed E-state index contributed by atoms with van der Waals surface area (Å²) >= 11 is 0. The first-order valence-electron chi connectivity index (χ1n) is 9.57. The van der Waals surface area contributed by atoms with Gasteiger partial charge in [0.05, 0.1) is 7.11 Å². The number of Topliss-reactive ketones (excluding diaryl/α,β-unsaturated/α-hetero) is 1. The molecule has 11 heteroatoms. The number of nitrogens with zero attached hydrogens (tertiary/aromatic N) is 3. The fraction of sp³-hybridized carbons (Fsp3) is 0.400. The van der Waals surface area contributed by atoms with Crippen LogP contribution in [-0.2, 0) is 11.3 Å². The molecule has 0 radical (unpaired) electrons. The molecule has 2 N–H and O–H groups in total. The molecule has 1 unspecified atom stereocenters. The molecule has 0 bridgehead atoms. The van der Waals surface area contributed by atoms with Gasteiger partial charge in [0.25, 0.3) is 6.43 Å². The minimum Gasteiger partial charge on any atom is -0.497 e. The summed E-state index contributed by atoms with van der Waals surface area (Å²) in [6.45, 7) is -1.10. The van der Waals surface area contributed by atoms with Gasteiger partial charge < -0.3 is 15.4 Å². The number of allylic oxidation sites excluding steroid dienone is 2. The number of benzene rings is 1. The van der Waals surface area contributed by atoms with Crippen molar-refractivity contribution in [2.24, 2.45) is 0 Å². The van der Waals surface area contributed by atoms with Crippen LogP contribution in [0.1, 0.15) is 30.7 Å². The van der Waals surface area contributed by atoms with Gasteiger partial charge in [-0.2, -0.15) is 15.0 Å². The molecule has 3 rings (SSSR count). The summed E-state index contributed by atoms with van der Waals surface area (Å²) < 4.78 is 58.3. The van der Waals surface area contributed by atoms with Gasteiger partial charge in [-0.15, -0.1) is 0 Å². The zero-order chi connectivity index (χ0) is 22.4. The van der Waals surface area contributed by atoms with Crippen molar-refractivity contribution >= 4 is 23.3 Å². The summed E-state index contributed by atoms with van der Waals surface area (Å²) in [6.07, 6.45) is -2.31. The monoisotopic (exact) mass is 439 g/mol. The number of hydrogen-bond donors (Lipinski definition) is 2. The molecule has 1 aliphatic rings. The Morgan fingerprint density at radius 2 is 1.81 bits per heavy atom. The Labute approximate surface area is 176 Å². The molecule has 2 aromatic rings. The first-order valence-corrected chi connectivity index (χ1v) is 9.57. The van der Waals surface area contributed by atoms with Gasteiger partial charge in [-0.1, -0.05) is 12.1 Å². The quantitative estimate of drug-likeness (QED) is 0.572. The first kappa shape index (κ1) is 22.4. The van der Waals surface area contributed by atoms with Crippen molar-refractivity contribution in [1.29, 1.82) is 0 Å². The highest BCUT2D eigenvalue weighted by Crippen LogP contribution is 2.30. The van der Waals surface area contributed by atoms with Gasteiger partial charge in [0.1, 0.15) is 18.5 Å². The Balaban J connectivity index is 1.90. The number of halogens is 4. The predicted molar refractivity (Wildman–Crippen MR) is 106 cm³/mol. The van der Waals surface area contributed by atoms with Crippen LogP contribution in [-0.4, -0.2) is 47.0 Å². The number of carbonyl (C=O) groups is 1. The lowest BCUT2D eigenvalue weighted by atomic mass is 9.97. The van der Waals surface area contributed by atoms with E-state index >= 15 is 0 Å². The molecule has 31 heavy (non-hydrogen) atoms. The summed E-state index contributed by atoms with van der Waals surface area (Å²) in [6, 6.07) is 5.27. The molecule has 0 aliphatic heterocycles. The van der Waals surface area contributed by atoms with Crippen molar-refractivity contribution in [1.82, 2.24) is 15.0 Å². The molecule has 1 atom stereocenters. The highest BCUT2D eigenvalue weighted by molar-refractivity contribution is 6.01. The van der Waals surface area contributed by atoms with Gasteiger partial charge in [-0.05, 0) is 30.5 Å². The van der Waals surface area contributed by atoms with Crippen LogP contribution in [0.3, 0.4) is 0 Å². The summed E-state index contributed by atoms with van der Waals surface area (Å²) in [7, 11) is 1.54. The highest BCUT2D eigenvalue weighted by Gasteiger charge is 2.26. The molecular formula is C20H21F4N5O2. The Morgan fingerprint density at radius 1 is 1.10 bits per heavy atom. The molecule has 0 amide bonds. The molecule has 166 valence electrons. The molecule has 0 saturated carbocycles. The van der Waals surface area contributed by atoms with Crippen molar-refractivity contribution in [2.75, 3.05) is 24.4 Å². The molecule has 0 fully saturated rings. The van der Waals surface area contributed by atoms with E-state index in [0.717, 1.165) is 5.56 Å². The van der Waals surface area contributed by atoms with E-state index in [4.69, 9.17) is 4.74 Å². The first-order chi connectivity index (χ1) is 14.9. The van der Waals surface area contributed by atoms with Crippen molar-refractivity contribution in [3.63, 3.8) is 0 Å². The van der Waals surface area contributed by atoms with Crippen LogP contribution < -0.4 is 15.4 Å². The van der Waals surface area contributed by atoms with Gasteiger partial charge in [0.15, 0.2) is 17.4 Å². The fourth-order valence-electron chi connectivity index (χ4n) is 2.94. The lowest BCUT2D eigenvalue weighted by molar-refractivity contribution is -0.117. The van der Waals surface area contributed by atoms with E-state index in [9.17, 15) is 22.4 Å². The van der Waals surface area contributed by atoms with E-state index < -0.39 is 30.8 Å². The number of hydrogen-bond acceptors (Lipinski definition) is 7. The largest absolute Gasteiger partial charge is 0.497 e. The second kappa shape index (κ2) is 10.2.